The number of hydrogen-bond acceptors (Lipinski definition) is 3. The van der Waals surface area contributed by atoms with Gasteiger partial charge in [-0.25, -0.2) is 4.79 Å². The number of nitrogens with zero attached hydrogens (tertiary/aromatic N) is 1. The third-order valence-electron chi connectivity index (χ3n) is 4.32. The Bertz CT molecular complexity index is 873. The van der Waals surface area contributed by atoms with E-state index in [1.165, 1.54) is 0 Å². The summed E-state index contributed by atoms with van der Waals surface area (Å²) < 4.78 is 0. The van der Waals surface area contributed by atoms with E-state index in [2.05, 4.69) is 16.0 Å². The highest BCUT2D eigenvalue weighted by molar-refractivity contribution is 6.33. The fraction of sp³-hybridized carbons (Fsp3) is 0.250. The predicted molar refractivity (Wildman–Crippen MR) is 109 cm³/mol. The number of carbonyl (C=O) groups is 3. The van der Waals surface area contributed by atoms with Crippen molar-refractivity contribution in [3.05, 3.63) is 59.1 Å². The Morgan fingerprint density at radius 1 is 1.04 bits per heavy atom. The van der Waals surface area contributed by atoms with Crippen molar-refractivity contribution in [3.63, 3.8) is 0 Å². The summed E-state index contributed by atoms with van der Waals surface area (Å²) in [6.07, 6.45) is 1.35. The van der Waals surface area contributed by atoms with Crippen molar-refractivity contribution in [3.8, 4) is 0 Å². The first kappa shape index (κ1) is 19.7. The summed E-state index contributed by atoms with van der Waals surface area (Å²) in [5, 5.41) is 8.44. The highest BCUT2D eigenvalue weighted by Gasteiger charge is 2.22. The molecule has 0 radical (unpaired) electrons. The average Bonchev–Trinajstić information content (AvgIpc) is 3.13. The Balaban J connectivity index is 1.48. The summed E-state index contributed by atoms with van der Waals surface area (Å²) >= 11 is 6.15. The Kier molecular flexibility index (Phi) is 6.49. The smallest absolute Gasteiger partial charge is 0.319 e. The van der Waals surface area contributed by atoms with Gasteiger partial charge in [-0.2, -0.15) is 0 Å². The van der Waals surface area contributed by atoms with Gasteiger partial charge in [0, 0.05) is 37.3 Å². The summed E-state index contributed by atoms with van der Waals surface area (Å²) in [6.45, 7) is 1.21. The molecule has 7 nitrogen and oxygen atoms in total. The molecule has 3 rings (SSSR count). The van der Waals surface area contributed by atoms with E-state index in [1.54, 1.807) is 47.4 Å². The fourth-order valence-electron chi connectivity index (χ4n) is 2.91. The van der Waals surface area contributed by atoms with Crippen molar-refractivity contribution in [1.82, 2.24) is 10.6 Å². The third kappa shape index (κ3) is 5.01. The fourth-order valence-corrected chi connectivity index (χ4v) is 3.07. The van der Waals surface area contributed by atoms with Crippen LogP contribution in [0.2, 0.25) is 5.02 Å². The molecule has 3 N–H and O–H groups in total. The van der Waals surface area contributed by atoms with E-state index >= 15 is 0 Å². The molecule has 2 aromatic rings. The van der Waals surface area contributed by atoms with Gasteiger partial charge in [-0.05, 0) is 36.8 Å². The Morgan fingerprint density at radius 2 is 1.79 bits per heavy atom. The molecule has 0 saturated carbocycles. The van der Waals surface area contributed by atoms with E-state index in [4.69, 9.17) is 11.6 Å². The van der Waals surface area contributed by atoms with E-state index in [-0.39, 0.29) is 24.9 Å². The van der Waals surface area contributed by atoms with Crippen molar-refractivity contribution in [1.29, 1.82) is 0 Å². The van der Waals surface area contributed by atoms with Crippen LogP contribution in [-0.2, 0) is 4.79 Å². The van der Waals surface area contributed by atoms with Crippen LogP contribution in [0.4, 0.5) is 16.2 Å². The zero-order valence-electron chi connectivity index (χ0n) is 15.2. The lowest BCUT2D eigenvalue weighted by Gasteiger charge is -2.17. The molecule has 0 atom stereocenters. The lowest BCUT2D eigenvalue weighted by Crippen LogP contribution is -2.36. The van der Waals surface area contributed by atoms with E-state index < -0.39 is 6.03 Å². The van der Waals surface area contributed by atoms with Crippen LogP contribution in [0.5, 0.6) is 0 Å². The number of urea groups is 1. The molecule has 8 heteroatoms. The monoisotopic (exact) mass is 400 g/mol. The third-order valence-corrected chi connectivity index (χ3v) is 4.64. The molecule has 1 saturated heterocycles. The van der Waals surface area contributed by atoms with Gasteiger partial charge in [0.25, 0.3) is 5.91 Å². The first-order chi connectivity index (χ1) is 13.5. The lowest BCUT2D eigenvalue weighted by molar-refractivity contribution is -0.117. The molecule has 1 aliphatic rings. The molecule has 28 heavy (non-hydrogen) atoms. The number of anilines is 2. The zero-order valence-corrected chi connectivity index (χ0v) is 16.0. The number of amides is 4. The molecule has 1 fully saturated rings. The van der Waals surface area contributed by atoms with Crippen molar-refractivity contribution >= 4 is 40.8 Å². The van der Waals surface area contributed by atoms with Crippen molar-refractivity contribution < 1.29 is 14.4 Å². The Labute approximate surface area is 168 Å². The van der Waals surface area contributed by atoms with Gasteiger partial charge in [-0.1, -0.05) is 29.8 Å². The Morgan fingerprint density at radius 3 is 2.50 bits per heavy atom. The highest BCUT2D eigenvalue weighted by Crippen LogP contribution is 2.29. The van der Waals surface area contributed by atoms with E-state index in [9.17, 15) is 14.4 Å². The van der Waals surface area contributed by atoms with Crippen LogP contribution in [0.1, 0.15) is 23.2 Å². The van der Waals surface area contributed by atoms with Crippen molar-refractivity contribution in [2.75, 3.05) is 29.9 Å². The minimum absolute atomic E-state index is 0.0619. The van der Waals surface area contributed by atoms with Gasteiger partial charge in [-0.3, -0.25) is 9.59 Å². The van der Waals surface area contributed by atoms with Gasteiger partial charge in [-0.15, -0.1) is 0 Å². The second-order valence-electron chi connectivity index (χ2n) is 6.32. The van der Waals surface area contributed by atoms with Crippen LogP contribution in [0.25, 0.3) is 0 Å². The van der Waals surface area contributed by atoms with Crippen LogP contribution < -0.4 is 20.9 Å². The summed E-state index contributed by atoms with van der Waals surface area (Å²) in [4.78, 5) is 37.6. The minimum Gasteiger partial charge on any atom is -0.350 e. The topological polar surface area (TPSA) is 90.5 Å². The van der Waals surface area contributed by atoms with Gasteiger partial charge in [0.1, 0.15) is 0 Å². The predicted octanol–water partition coefficient (Wildman–Crippen LogP) is 3.02. The molecule has 146 valence electrons. The van der Waals surface area contributed by atoms with Crippen LogP contribution >= 0.6 is 11.6 Å². The number of benzene rings is 2. The van der Waals surface area contributed by atoms with Crippen LogP contribution in [0, 0.1) is 0 Å². The van der Waals surface area contributed by atoms with E-state index in [0.717, 1.165) is 6.42 Å². The molecule has 4 amide bonds. The van der Waals surface area contributed by atoms with Crippen LogP contribution in [0.3, 0.4) is 0 Å². The van der Waals surface area contributed by atoms with E-state index in [1.807, 2.05) is 6.07 Å². The molecule has 1 heterocycles. The van der Waals surface area contributed by atoms with Crippen molar-refractivity contribution in [2.24, 2.45) is 0 Å². The van der Waals surface area contributed by atoms with Crippen LogP contribution in [-0.4, -0.2) is 37.5 Å². The highest BCUT2D eigenvalue weighted by atomic mass is 35.5. The first-order valence-electron chi connectivity index (χ1n) is 9.02. The molecule has 0 unspecified atom stereocenters. The molecule has 0 aromatic heterocycles. The van der Waals surface area contributed by atoms with E-state index in [0.29, 0.717) is 34.9 Å². The van der Waals surface area contributed by atoms with Gasteiger partial charge >= 0.3 is 6.03 Å². The quantitative estimate of drug-likeness (QED) is 0.651. The molecular weight excluding hydrogens is 380 g/mol. The average molecular weight is 401 g/mol. The lowest BCUT2D eigenvalue weighted by atomic mass is 10.2. The molecule has 1 aliphatic heterocycles. The number of carbonyl (C=O) groups excluding carboxylic acids is 3. The number of rotatable bonds is 6. The molecular formula is C20H21ClN4O3. The van der Waals surface area contributed by atoms with Gasteiger partial charge < -0.3 is 20.9 Å². The molecule has 0 spiro atoms. The minimum atomic E-state index is -0.444. The van der Waals surface area contributed by atoms with Gasteiger partial charge in [0.05, 0.1) is 10.7 Å². The summed E-state index contributed by atoms with van der Waals surface area (Å²) in [7, 11) is 0. The maximum absolute atomic E-state index is 12.1. The van der Waals surface area contributed by atoms with Crippen LogP contribution in [0.15, 0.2) is 48.5 Å². The normalized spacial score (nSPS) is 13.3. The van der Waals surface area contributed by atoms with Crippen molar-refractivity contribution in [2.45, 2.75) is 12.8 Å². The molecule has 2 aromatic carbocycles. The largest absolute Gasteiger partial charge is 0.350 e. The van der Waals surface area contributed by atoms with Gasteiger partial charge in [0.15, 0.2) is 0 Å². The molecule has 0 bridgehead atoms. The number of hydrogen-bond donors (Lipinski definition) is 3. The maximum atomic E-state index is 12.1. The number of nitrogens with one attached hydrogen (secondary N) is 3. The standard InChI is InChI=1S/C20H21ClN4O3/c21-16-9-8-15(25-12-4-7-18(25)26)13-17(16)24-20(28)23-11-10-22-19(27)14-5-2-1-3-6-14/h1-3,5-6,8-9,13H,4,7,10-12H2,(H,22,27)(H2,23,24,28). The first-order valence-corrected chi connectivity index (χ1v) is 9.40. The second kappa shape index (κ2) is 9.23. The summed E-state index contributed by atoms with van der Waals surface area (Å²) in [6, 6.07) is 13.5. The second-order valence-corrected chi connectivity index (χ2v) is 6.72. The summed E-state index contributed by atoms with van der Waals surface area (Å²) in [5.74, 6) is -0.138. The zero-order chi connectivity index (χ0) is 19.9. The SMILES string of the molecule is O=C(NCCNC(=O)c1ccccc1)Nc1cc(N2CCCC2=O)ccc1Cl. The number of halogens is 1. The molecule has 0 aliphatic carbocycles. The maximum Gasteiger partial charge on any atom is 0.319 e. The Hall–Kier alpha value is -3.06. The van der Waals surface area contributed by atoms with Gasteiger partial charge in [0.2, 0.25) is 5.91 Å². The summed E-state index contributed by atoms with van der Waals surface area (Å²) in [5.41, 5.74) is 1.69.